The highest BCUT2D eigenvalue weighted by molar-refractivity contribution is 6.30. The molecule has 0 aliphatic heterocycles. The Morgan fingerprint density at radius 3 is 2.45 bits per heavy atom. The van der Waals surface area contributed by atoms with Gasteiger partial charge in [0, 0.05) is 30.5 Å². The van der Waals surface area contributed by atoms with Gasteiger partial charge in [-0.2, -0.15) is 0 Å². The molecule has 0 fully saturated rings. The van der Waals surface area contributed by atoms with Gasteiger partial charge in [0.25, 0.3) is 0 Å². The number of hydrogen-bond acceptors (Lipinski definition) is 4. The topological polar surface area (TPSA) is 73.2 Å². The van der Waals surface area contributed by atoms with E-state index in [2.05, 4.69) is 10.3 Å². The van der Waals surface area contributed by atoms with Gasteiger partial charge in [0.15, 0.2) is 0 Å². The van der Waals surface area contributed by atoms with Crippen LogP contribution in [0.15, 0.2) is 60.9 Å². The molecule has 0 aliphatic rings. The highest BCUT2D eigenvalue weighted by Crippen LogP contribution is 2.27. The summed E-state index contributed by atoms with van der Waals surface area (Å²) in [6.07, 6.45) is 1.96. The third-order valence-corrected chi connectivity index (χ3v) is 4.74. The molecule has 0 spiro atoms. The normalized spacial score (nSPS) is 11.7. The molecule has 3 aromatic rings. The third kappa shape index (κ3) is 5.23. The Morgan fingerprint density at radius 2 is 1.83 bits per heavy atom. The van der Waals surface area contributed by atoms with E-state index in [-0.39, 0.29) is 12.3 Å². The van der Waals surface area contributed by atoms with Gasteiger partial charge >= 0.3 is 5.97 Å². The van der Waals surface area contributed by atoms with Gasteiger partial charge in [-0.25, -0.2) is 9.78 Å². The molecule has 1 unspecified atom stereocenters. The number of ether oxygens (including phenoxy) is 1. The Morgan fingerprint density at radius 1 is 1.14 bits per heavy atom. The first-order chi connectivity index (χ1) is 14.0. The predicted molar refractivity (Wildman–Crippen MR) is 112 cm³/mol. The van der Waals surface area contributed by atoms with Crippen LogP contribution in [0, 0.1) is 0 Å². The number of carbonyl (C=O) groups excluding carboxylic acids is 2. The number of esters is 1. The second kappa shape index (κ2) is 9.39. The van der Waals surface area contributed by atoms with Gasteiger partial charge in [-0.05, 0) is 17.7 Å². The highest BCUT2D eigenvalue weighted by atomic mass is 35.5. The van der Waals surface area contributed by atoms with Crippen molar-refractivity contribution in [3.63, 3.8) is 0 Å². The van der Waals surface area contributed by atoms with E-state index in [1.165, 1.54) is 14.0 Å². The SMILES string of the molecule is COC(=O)C(Cc1ncn(Cc2ccccc2)c1-c1ccc(Cl)cc1)NC(C)=O. The van der Waals surface area contributed by atoms with E-state index in [0.29, 0.717) is 17.3 Å². The van der Waals surface area contributed by atoms with Crippen LogP contribution in [0.2, 0.25) is 5.02 Å². The van der Waals surface area contributed by atoms with E-state index in [4.69, 9.17) is 16.3 Å². The van der Waals surface area contributed by atoms with Gasteiger partial charge in [0.2, 0.25) is 5.91 Å². The summed E-state index contributed by atoms with van der Waals surface area (Å²) in [4.78, 5) is 28.2. The summed E-state index contributed by atoms with van der Waals surface area (Å²) in [5, 5.41) is 3.28. The fourth-order valence-electron chi connectivity index (χ4n) is 3.19. The molecule has 2 aromatic carbocycles. The van der Waals surface area contributed by atoms with Crippen molar-refractivity contribution in [2.45, 2.75) is 25.9 Å². The summed E-state index contributed by atoms with van der Waals surface area (Å²) >= 11 is 6.05. The lowest BCUT2D eigenvalue weighted by molar-refractivity contribution is -0.144. The van der Waals surface area contributed by atoms with Crippen molar-refractivity contribution in [2.24, 2.45) is 0 Å². The lowest BCUT2D eigenvalue weighted by atomic mass is 10.0. The molecule has 0 saturated heterocycles. The second-order valence-electron chi connectivity index (χ2n) is 6.64. The first-order valence-corrected chi connectivity index (χ1v) is 9.54. The molecule has 6 nitrogen and oxygen atoms in total. The van der Waals surface area contributed by atoms with Crippen molar-refractivity contribution < 1.29 is 14.3 Å². The van der Waals surface area contributed by atoms with Crippen molar-refractivity contribution in [3.05, 3.63) is 77.2 Å². The van der Waals surface area contributed by atoms with E-state index in [1.807, 2.05) is 59.2 Å². The zero-order chi connectivity index (χ0) is 20.8. The van der Waals surface area contributed by atoms with Crippen molar-refractivity contribution >= 4 is 23.5 Å². The van der Waals surface area contributed by atoms with Crippen LogP contribution >= 0.6 is 11.6 Å². The Hall–Kier alpha value is -3.12. The van der Waals surface area contributed by atoms with Crippen LogP contribution in [0.25, 0.3) is 11.3 Å². The van der Waals surface area contributed by atoms with E-state index in [9.17, 15) is 9.59 Å². The number of methoxy groups -OCH3 is 1. The number of hydrogen-bond donors (Lipinski definition) is 1. The maximum atomic E-state index is 12.2. The Balaban J connectivity index is 2.00. The van der Waals surface area contributed by atoms with Gasteiger partial charge in [-0.1, -0.05) is 54.1 Å². The molecule has 1 amide bonds. The van der Waals surface area contributed by atoms with Crippen LogP contribution in [-0.2, 0) is 27.3 Å². The van der Waals surface area contributed by atoms with Gasteiger partial charge in [-0.15, -0.1) is 0 Å². The number of nitrogens with one attached hydrogen (secondary N) is 1. The fourth-order valence-corrected chi connectivity index (χ4v) is 3.31. The summed E-state index contributed by atoms with van der Waals surface area (Å²) in [5.74, 6) is -0.822. The molecule has 0 radical (unpaired) electrons. The smallest absolute Gasteiger partial charge is 0.328 e. The minimum Gasteiger partial charge on any atom is -0.467 e. The van der Waals surface area contributed by atoms with Crippen molar-refractivity contribution in [1.29, 1.82) is 0 Å². The van der Waals surface area contributed by atoms with Crippen LogP contribution in [-0.4, -0.2) is 34.6 Å². The molecule has 0 aliphatic carbocycles. The van der Waals surface area contributed by atoms with Crippen LogP contribution < -0.4 is 5.32 Å². The lowest BCUT2D eigenvalue weighted by Gasteiger charge is -2.16. The summed E-state index contributed by atoms with van der Waals surface area (Å²) < 4.78 is 6.87. The Kier molecular flexibility index (Phi) is 6.67. The first kappa shape index (κ1) is 20.6. The van der Waals surface area contributed by atoms with Crippen molar-refractivity contribution in [2.75, 3.05) is 7.11 Å². The zero-order valence-electron chi connectivity index (χ0n) is 16.3. The summed E-state index contributed by atoms with van der Waals surface area (Å²) in [5.41, 5.74) is 3.60. The third-order valence-electron chi connectivity index (χ3n) is 4.49. The maximum Gasteiger partial charge on any atom is 0.328 e. The number of carbonyl (C=O) groups is 2. The summed E-state index contributed by atoms with van der Waals surface area (Å²) in [6, 6.07) is 16.7. The molecule has 3 rings (SSSR count). The van der Waals surface area contributed by atoms with Crippen molar-refractivity contribution in [1.82, 2.24) is 14.9 Å². The first-order valence-electron chi connectivity index (χ1n) is 9.16. The standard InChI is InChI=1S/C22H22ClN3O3/c1-15(27)25-20(22(28)29-2)12-19-21(17-8-10-18(23)11-9-17)26(14-24-19)13-16-6-4-3-5-7-16/h3-11,14,20H,12-13H2,1-2H3,(H,25,27). The number of halogens is 1. The number of imidazole rings is 1. The van der Waals surface area contributed by atoms with Gasteiger partial charge in [0.05, 0.1) is 24.8 Å². The van der Waals surface area contributed by atoms with Crippen LogP contribution in [0.3, 0.4) is 0 Å². The Bertz CT molecular complexity index is 984. The average molecular weight is 412 g/mol. The lowest BCUT2D eigenvalue weighted by Crippen LogP contribution is -2.42. The quantitative estimate of drug-likeness (QED) is 0.604. The molecule has 29 heavy (non-hydrogen) atoms. The highest BCUT2D eigenvalue weighted by Gasteiger charge is 2.24. The predicted octanol–water partition coefficient (Wildman–Crippen LogP) is 3.47. The zero-order valence-corrected chi connectivity index (χ0v) is 17.0. The average Bonchev–Trinajstić information content (AvgIpc) is 3.10. The molecule has 1 aromatic heterocycles. The number of amides is 1. The van der Waals surface area contributed by atoms with E-state index < -0.39 is 12.0 Å². The minimum absolute atomic E-state index is 0.214. The molecular weight excluding hydrogens is 390 g/mol. The second-order valence-corrected chi connectivity index (χ2v) is 7.08. The van der Waals surface area contributed by atoms with Crippen LogP contribution in [0.4, 0.5) is 0 Å². The number of nitrogens with zero attached hydrogens (tertiary/aromatic N) is 2. The molecule has 1 N–H and O–H groups in total. The van der Waals surface area contributed by atoms with Gasteiger partial charge in [0.1, 0.15) is 6.04 Å². The molecule has 7 heteroatoms. The fraction of sp³-hybridized carbons (Fsp3) is 0.227. The maximum absolute atomic E-state index is 12.2. The molecule has 1 atom stereocenters. The monoisotopic (exact) mass is 411 g/mol. The molecule has 1 heterocycles. The number of aromatic nitrogens is 2. The van der Waals surface area contributed by atoms with E-state index >= 15 is 0 Å². The van der Waals surface area contributed by atoms with E-state index in [1.54, 1.807) is 6.33 Å². The summed E-state index contributed by atoms with van der Waals surface area (Å²) in [7, 11) is 1.30. The molecule has 0 bridgehead atoms. The molecular formula is C22H22ClN3O3. The molecule has 150 valence electrons. The van der Waals surface area contributed by atoms with E-state index in [0.717, 1.165) is 16.8 Å². The number of rotatable bonds is 7. The van der Waals surface area contributed by atoms with Gasteiger partial charge in [-0.3, -0.25) is 4.79 Å². The van der Waals surface area contributed by atoms with Crippen LogP contribution in [0.1, 0.15) is 18.2 Å². The summed E-state index contributed by atoms with van der Waals surface area (Å²) in [6.45, 7) is 1.98. The van der Waals surface area contributed by atoms with Crippen LogP contribution in [0.5, 0.6) is 0 Å². The van der Waals surface area contributed by atoms with Crippen molar-refractivity contribution in [3.8, 4) is 11.3 Å². The van der Waals surface area contributed by atoms with Gasteiger partial charge < -0.3 is 14.6 Å². The minimum atomic E-state index is -0.816. The Labute approximate surface area is 174 Å². The largest absolute Gasteiger partial charge is 0.467 e. The molecule has 0 saturated carbocycles. The number of benzene rings is 2.